The maximum atomic E-state index is 12.2. The van der Waals surface area contributed by atoms with Gasteiger partial charge in [0.15, 0.2) is 5.78 Å². The maximum absolute atomic E-state index is 12.2. The average molecular weight is 248 g/mol. The van der Waals surface area contributed by atoms with Crippen LogP contribution in [-0.4, -0.2) is 10.9 Å². The number of nitrogen functional groups attached to an aromatic ring is 1. The molecule has 0 saturated heterocycles. The number of ketones is 1. The highest BCUT2D eigenvalue weighted by Gasteiger charge is 2.15. The highest BCUT2D eigenvalue weighted by atomic mass is 35.5. The monoisotopic (exact) mass is 247 g/mol. The molecule has 86 valence electrons. The number of benzene rings is 2. The van der Waals surface area contributed by atoms with Crippen molar-refractivity contribution in [3.05, 3.63) is 58.6 Å². The van der Waals surface area contributed by atoms with Crippen molar-refractivity contribution >= 4 is 23.1 Å². The molecule has 0 spiro atoms. The van der Waals surface area contributed by atoms with Crippen molar-refractivity contribution < 1.29 is 9.90 Å². The largest absolute Gasteiger partial charge is 0.508 e. The quantitative estimate of drug-likeness (QED) is 0.487. The molecular weight excluding hydrogens is 238 g/mol. The molecule has 2 aromatic carbocycles. The van der Waals surface area contributed by atoms with Crippen LogP contribution >= 0.6 is 11.6 Å². The van der Waals surface area contributed by atoms with Crippen LogP contribution in [0.15, 0.2) is 42.5 Å². The smallest absolute Gasteiger partial charge is 0.196 e. The van der Waals surface area contributed by atoms with E-state index < -0.39 is 0 Å². The van der Waals surface area contributed by atoms with Gasteiger partial charge in [-0.3, -0.25) is 4.79 Å². The standard InChI is InChI=1S/C13H10ClNO2/c14-11-4-2-1-3-9(11)13(17)10-7-8(16)5-6-12(10)15/h1-7,16H,15H2. The van der Waals surface area contributed by atoms with Crippen LogP contribution in [0.3, 0.4) is 0 Å². The third-order valence-electron chi connectivity index (χ3n) is 2.40. The third kappa shape index (κ3) is 2.24. The van der Waals surface area contributed by atoms with Crippen LogP contribution in [0.1, 0.15) is 15.9 Å². The van der Waals surface area contributed by atoms with E-state index in [0.717, 1.165) is 0 Å². The fraction of sp³-hybridized carbons (Fsp3) is 0. The van der Waals surface area contributed by atoms with E-state index in [4.69, 9.17) is 17.3 Å². The molecule has 2 aromatic rings. The molecule has 0 unspecified atom stereocenters. The molecule has 3 N–H and O–H groups in total. The van der Waals surface area contributed by atoms with E-state index in [1.807, 2.05) is 0 Å². The lowest BCUT2D eigenvalue weighted by molar-refractivity contribution is 0.103. The van der Waals surface area contributed by atoms with Gasteiger partial charge in [0.05, 0.1) is 5.02 Å². The van der Waals surface area contributed by atoms with E-state index in [2.05, 4.69) is 0 Å². The number of nitrogens with two attached hydrogens (primary N) is 1. The van der Waals surface area contributed by atoms with Gasteiger partial charge in [0.25, 0.3) is 0 Å². The first-order valence-electron chi connectivity index (χ1n) is 4.97. The van der Waals surface area contributed by atoms with E-state index >= 15 is 0 Å². The van der Waals surface area contributed by atoms with Gasteiger partial charge in [0.1, 0.15) is 5.75 Å². The molecule has 0 bridgehead atoms. The third-order valence-corrected chi connectivity index (χ3v) is 2.73. The maximum Gasteiger partial charge on any atom is 0.196 e. The predicted octanol–water partition coefficient (Wildman–Crippen LogP) is 2.86. The Balaban J connectivity index is 2.51. The van der Waals surface area contributed by atoms with E-state index in [0.29, 0.717) is 16.3 Å². The number of halogens is 1. The molecular formula is C13H10ClNO2. The van der Waals surface area contributed by atoms with E-state index in [-0.39, 0.29) is 17.1 Å². The summed E-state index contributed by atoms with van der Waals surface area (Å²) in [5.41, 5.74) is 6.63. The minimum absolute atomic E-state index is 0.00500. The van der Waals surface area contributed by atoms with Gasteiger partial charge in [-0.25, -0.2) is 0 Å². The van der Waals surface area contributed by atoms with Crippen LogP contribution in [0.2, 0.25) is 5.02 Å². The normalized spacial score (nSPS) is 10.2. The van der Waals surface area contributed by atoms with Gasteiger partial charge in [-0.1, -0.05) is 23.7 Å². The SMILES string of the molecule is Nc1ccc(O)cc1C(=O)c1ccccc1Cl. The summed E-state index contributed by atoms with van der Waals surface area (Å²) in [5.74, 6) is -0.307. The number of aromatic hydroxyl groups is 1. The van der Waals surface area contributed by atoms with Crippen molar-refractivity contribution in [3.63, 3.8) is 0 Å². The second-order valence-electron chi connectivity index (χ2n) is 3.58. The summed E-state index contributed by atoms with van der Waals surface area (Å²) in [4.78, 5) is 12.2. The fourth-order valence-electron chi connectivity index (χ4n) is 1.53. The molecule has 0 aromatic heterocycles. The van der Waals surface area contributed by atoms with Crippen LogP contribution in [0.25, 0.3) is 0 Å². The highest BCUT2D eigenvalue weighted by molar-refractivity contribution is 6.35. The van der Waals surface area contributed by atoms with Gasteiger partial charge >= 0.3 is 0 Å². The van der Waals surface area contributed by atoms with Crippen molar-refractivity contribution in [2.24, 2.45) is 0 Å². The van der Waals surface area contributed by atoms with Gasteiger partial charge in [-0.05, 0) is 30.3 Å². The number of hydrogen-bond acceptors (Lipinski definition) is 3. The lowest BCUT2D eigenvalue weighted by Crippen LogP contribution is -2.05. The molecule has 0 fully saturated rings. The van der Waals surface area contributed by atoms with Crippen LogP contribution in [0.4, 0.5) is 5.69 Å². The van der Waals surface area contributed by atoms with Crippen molar-refractivity contribution in [2.45, 2.75) is 0 Å². The Hall–Kier alpha value is -2.00. The summed E-state index contributed by atoms with van der Waals surface area (Å²) in [6.07, 6.45) is 0. The lowest BCUT2D eigenvalue weighted by atomic mass is 10.0. The molecule has 0 aliphatic carbocycles. The number of phenolic OH excluding ortho intramolecular Hbond substituents is 1. The summed E-state index contributed by atoms with van der Waals surface area (Å²) < 4.78 is 0. The zero-order chi connectivity index (χ0) is 12.4. The Morgan fingerprint density at radius 1 is 1.12 bits per heavy atom. The number of anilines is 1. The number of carbonyl (C=O) groups excluding carboxylic acids is 1. The molecule has 0 saturated carbocycles. The first-order chi connectivity index (χ1) is 8.09. The minimum atomic E-state index is -0.302. The summed E-state index contributed by atoms with van der Waals surface area (Å²) in [7, 11) is 0. The second kappa shape index (κ2) is 4.47. The highest BCUT2D eigenvalue weighted by Crippen LogP contribution is 2.24. The summed E-state index contributed by atoms with van der Waals surface area (Å²) >= 11 is 5.94. The Morgan fingerprint density at radius 2 is 1.82 bits per heavy atom. The van der Waals surface area contributed by atoms with E-state index in [9.17, 15) is 9.90 Å². The van der Waals surface area contributed by atoms with Gasteiger partial charge in [-0.2, -0.15) is 0 Å². The Bertz CT molecular complexity index is 581. The van der Waals surface area contributed by atoms with Crippen LogP contribution in [0, 0.1) is 0 Å². The Morgan fingerprint density at radius 3 is 2.53 bits per heavy atom. The molecule has 0 heterocycles. The number of carbonyl (C=O) groups is 1. The van der Waals surface area contributed by atoms with Crippen LogP contribution in [-0.2, 0) is 0 Å². The Kier molecular flexibility index (Phi) is 3.02. The Labute approximate surface area is 103 Å². The van der Waals surface area contributed by atoms with Crippen molar-refractivity contribution in [1.29, 1.82) is 0 Å². The molecule has 0 aliphatic rings. The van der Waals surface area contributed by atoms with Gasteiger partial charge in [0, 0.05) is 16.8 Å². The van der Waals surface area contributed by atoms with Crippen molar-refractivity contribution in [1.82, 2.24) is 0 Å². The second-order valence-corrected chi connectivity index (χ2v) is 3.99. The molecule has 0 aliphatic heterocycles. The summed E-state index contributed by atoms with van der Waals surface area (Å²) in [5, 5.41) is 9.72. The summed E-state index contributed by atoms with van der Waals surface area (Å²) in [6.45, 7) is 0. The van der Waals surface area contributed by atoms with Crippen molar-refractivity contribution in [2.75, 3.05) is 5.73 Å². The average Bonchev–Trinajstić information content (AvgIpc) is 2.32. The van der Waals surface area contributed by atoms with Gasteiger partial charge in [0.2, 0.25) is 0 Å². The van der Waals surface area contributed by atoms with E-state index in [1.54, 1.807) is 24.3 Å². The van der Waals surface area contributed by atoms with Crippen LogP contribution < -0.4 is 5.73 Å². The van der Waals surface area contributed by atoms with Crippen LogP contribution in [0.5, 0.6) is 5.75 Å². The number of hydrogen-bond donors (Lipinski definition) is 2. The minimum Gasteiger partial charge on any atom is -0.508 e. The molecule has 0 atom stereocenters. The zero-order valence-electron chi connectivity index (χ0n) is 8.85. The molecule has 0 radical (unpaired) electrons. The first-order valence-corrected chi connectivity index (χ1v) is 5.35. The molecule has 4 heteroatoms. The van der Waals surface area contributed by atoms with E-state index in [1.165, 1.54) is 18.2 Å². The molecule has 3 nitrogen and oxygen atoms in total. The van der Waals surface area contributed by atoms with Gasteiger partial charge in [-0.15, -0.1) is 0 Å². The molecule has 2 rings (SSSR count). The molecule has 0 amide bonds. The lowest BCUT2D eigenvalue weighted by Gasteiger charge is -2.06. The zero-order valence-corrected chi connectivity index (χ0v) is 9.61. The first kappa shape index (κ1) is 11.5. The fourth-order valence-corrected chi connectivity index (χ4v) is 1.75. The predicted molar refractivity (Wildman–Crippen MR) is 67.4 cm³/mol. The number of phenols is 1. The van der Waals surface area contributed by atoms with Gasteiger partial charge < -0.3 is 10.8 Å². The summed E-state index contributed by atoms with van der Waals surface area (Å²) in [6, 6.07) is 11.0. The number of rotatable bonds is 2. The topological polar surface area (TPSA) is 63.3 Å². The van der Waals surface area contributed by atoms with Crippen molar-refractivity contribution in [3.8, 4) is 5.75 Å². The molecule has 17 heavy (non-hydrogen) atoms.